The molecule has 1 fully saturated rings. The maximum atomic E-state index is 8.81. The fourth-order valence-electron chi connectivity index (χ4n) is 1.29. The first kappa shape index (κ1) is 10.5. The summed E-state index contributed by atoms with van der Waals surface area (Å²) in [6, 6.07) is 6.37. The average Bonchev–Trinajstić information content (AvgIpc) is 2.94. The van der Waals surface area contributed by atoms with E-state index in [1.54, 1.807) is 0 Å². The lowest BCUT2D eigenvalue weighted by atomic mass is 10.2. The highest BCUT2D eigenvalue weighted by Crippen LogP contribution is 2.41. The van der Waals surface area contributed by atoms with E-state index in [0.717, 1.165) is 11.7 Å². The van der Waals surface area contributed by atoms with Gasteiger partial charge in [0.05, 0.1) is 0 Å². The van der Waals surface area contributed by atoms with Gasteiger partial charge in [-0.1, -0.05) is 6.07 Å². The zero-order chi connectivity index (χ0) is 9.97. The van der Waals surface area contributed by atoms with Crippen molar-refractivity contribution in [2.24, 2.45) is 0 Å². The SMILES string of the molecule is OCCc1ccc(SC2CC2)c(Br)c1. The number of hydrogen-bond acceptors (Lipinski definition) is 2. The van der Waals surface area contributed by atoms with Gasteiger partial charge in [-0.15, -0.1) is 11.8 Å². The van der Waals surface area contributed by atoms with Crippen molar-refractivity contribution in [2.75, 3.05) is 6.61 Å². The van der Waals surface area contributed by atoms with E-state index in [-0.39, 0.29) is 6.61 Å². The van der Waals surface area contributed by atoms with Crippen molar-refractivity contribution in [3.63, 3.8) is 0 Å². The van der Waals surface area contributed by atoms with Crippen molar-refractivity contribution in [2.45, 2.75) is 29.4 Å². The zero-order valence-corrected chi connectivity index (χ0v) is 10.3. The Balaban J connectivity index is 2.09. The molecule has 0 unspecified atom stereocenters. The number of aliphatic hydroxyl groups excluding tert-OH is 1. The van der Waals surface area contributed by atoms with Crippen molar-refractivity contribution < 1.29 is 5.11 Å². The van der Waals surface area contributed by atoms with E-state index < -0.39 is 0 Å². The first-order valence-corrected chi connectivity index (χ1v) is 6.53. The molecule has 3 heteroatoms. The molecule has 1 aliphatic rings. The Bertz CT molecular complexity index is 323. The first-order valence-electron chi connectivity index (χ1n) is 4.85. The van der Waals surface area contributed by atoms with Gasteiger partial charge in [0.15, 0.2) is 0 Å². The van der Waals surface area contributed by atoms with Gasteiger partial charge in [-0.2, -0.15) is 0 Å². The van der Waals surface area contributed by atoms with E-state index >= 15 is 0 Å². The quantitative estimate of drug-likeness (QED) is 0.908. The van der Waals surface area contributed by atoms with Gasteiger partial charge in [0.25, 0.3) is 0 Å². The van der Waals surface area contributed by atoms with Crippen LogP contribution in [0.1, 0.15) is 18.4 Å². The third-order valence-electron chi connectivity index (χ3n) is 2.21. The number of thioether (sulfide) groups is 1. The van der Waals surface area contributed by atoms with E-state index in [1.807, 2.05) is 11.8 Å². The van der Waals surface area contributed by atoms with Crippen LogP contribution in [0.15, 0.2) is 27.6 Å². The highest BCUT2D eigenvalue weighted by Gasteiger charge is 2.23. The maximum absolute atomic E-state index is 8.81. The summed E-state index contributed by atoms with van der Waals surface area (Å²) >= 11 is 5.52. The van der Waals surface area contributed by atoms with E-state index in [9.17, 15) is 0 Å². The fourth-order valence-corrected chi connectivity index (χ4v) is 3.05. The van der Waals surface area contributed by atoms with Gasteiger partial charge in [-0.25, -0.2) is 0 Å². The summed E-state index contributed by atoms with van der Waals surface area (Å²) in [6.07, 6.45) is 3.46. The summed E-state index contributed by atoms with van der Waals surface area (Å²) in [6.45, 7) is 0.224. The summed E-state index contributed by atoms with van der Waals surface area (Å²) in [4.78, 5) is 1.33. The second-order valence-corrected chi connectivity index (χ2v) is 5.75. The molecule has 0 atom stereocenters. The molecule has 1 aromatic rings. The molecule has 0 spiro atoms. The van der Waals surface area contributed by atoms with Gasteiger partial charge in [0, 0.05) is 21.2 Å². The third kappa shape index (κ3) is 2.75. The molecule has 2 rings (SSSR count). The Morgan fingerprint density at radius 3 is 2.79 bits per heavy atom. The highest BCUT2D eigenvalue weighted by atomic mass is 79.9. The molecule has 14 heavy (non-hydrogen) atoms. The summed E-state index contributed by atoms with van der Waals surface area (Å²) in [7, 11) is 0. The predicted molar refractivity (Wildman–Crippen MR) is 63.8 cm³/mol. The molecule has 1 saturated carbocycles. The van der Waals surface area contributed by atoms with Crippen LogP contribution in [0.25, 0.3) is 0 Å². The largest absolute Gasteiger partial charge is 0.396 e. The van der Waals surface area contributed by atoms with Crippen molar-refractivity contribution in [1.29, 1.82) is 0 Å². The zero-order valence-electron chi connectivity index (χ0n) is 7.87. The minimum atomic E-state index is 0.224. The van der Waals surface area contributed by atoms with Crippen LogP contribution in [0.2, 0.25) is 0 Å². The summed E-state index contributed by atoms with van der Waals surface area (Å²) in [5.41, 5.74) is 1.19. The van der Waals surface area contributed by atoms with Crippen LogP contribution in [0.5, 0.6) is 0 Å². The molecular weight excluding hydrogens is 260 g/mol. The predicted octanol–water partition coefficient (Wildman–Crippen LogP) is 3.24. The van der Waals surface area contributed by atoms with Crippen LogP contribution in [-0.2, 0) is 6.42 Å². The second kappa shape index (κ2) is 4.69. The lowest BCUT2D eigenvalue weighted by Gasteiger charge is -2.05. The third-order valence-corrected chi connectivity index (χ3v) is 4.55. The molecule has 0 bridgehead atoms. The maximum Gasteiger partial charge on any atom is 0.0471 e. The Morgan fingerprint density at radius 2 is 2.21 bits per heavy atom. The minimum absolute atomic E-state index is 0.224. The highest BCUT2D eigenvalue weighted by molar-refractivity contribution is 9.10. The summed E-state index contributed by atoms with van der Waals surface area (Å²) < 4.78 is 1.17. The van der Waals surface area contributed by atoms with Crippen molar-refractivity contribution >= 4 is 27.7 Å². The number of halogens is 1. The van der Waals surface area contributed by atoms with Crippen molar-refractivity contribution in [3.05, 3.63) is 28.2 Å². The van der Waals surface area contributed by atoms with Crippen molar-refractivity contribution in [1.82, 2.24) is 0 Å². The lowest BCUT2D eigenvalue weighted by molar-refractivity contribution is 0.299. The van der Waals surface area contributed by atoms with Crippen LogP contribution in [-0.4, -0.2) is 17.0 Å². The molecule has 0 aliphatic heterocycles. The number of rotatable bonds is 4. The molecule has 76 valence electrons. The van der Waals surface area contributed by atoms with E-state index in [1.165, 1.54) is 27.8 Å². The molecule has 0 heterocycles. The van der Waals surface area contributed by atoms with Gasteiger partial charge in [0.1, 0.15) is 0 Å². The van der Waals surface area contributed by atoms with Crippen LogP contribution >= 0.6 is 27.7 Å². The normalized spacial score (nSPS) is 15.9. The number of hydrogen-bond donors (Lipinski definition) is 1. The van der Waals surface area contributed by atoms with Crippen LogP contribution in [0, 0.1) is 0 Å². The van der Waals surface area contributed by atoms with Gasteiger partial charge < -0.3 is 5.11 Å². The van der Waals surface area contributed by atoms with E-state index in [4.69, 9.17) is 5.11 Å². The molecule has 0 saturated heterocycles. The molecular formula is C11H13BrOS. The van der Waals surface area contributed by atoms with Crippen LogP contribution in [0.4, 0.5) is 0 Å². The molecule has 0 radical (unpaired) electrons. The Morgan fingerprint density at radius 1 is 1.43 bits per heavy atom. The summed E-state index contributed by atoms with van der Waals surface area (Å²) in [5.74, 6) is 0. The second-order valence-electron chi connectivity index (χ2n) is 3.56. The molecule has 1 nitrogen and oxygen atoms in total. The van der Waals surface area contributed by atoms with Gasteiger partial charge in [0.2, 0.25) is 0 Å². The van der Waals surface area contributed by atoms with Gasteiger partial charge in [-0.05, 0) is 52.9 Å². The smallest absolute Gasteiger partial charge is 0.0471 e. The number of aliphatic hydroxyl groups is 1. The van der Waals surface area contributed by atoms with E-state index in [0.29, 0.717) is 0 Å². The average molecular weight is 273 g/mol. The molecule has 0 amide bonds. The lowest BCUT2D eigenvalue weighted by Crippen LogP contribution is -1.90. The number of benzene rings is 1. The molecule has 1 aromatic carbocycles. The van der Waals surface area contributed by atoms with E-state index in [2.05, 4.69) is 34.1 Å². The first-order chi connectivity index (χ1) is 6.79. The Kier molecular flexibility index (Phi) is 3.52. The molecule has 0 aromatic heterocycles. The monoisotopic (exact) mass is 272 g/mol. The van der Waals surface area contributed by atoms with Gasteiger partial charge >= 0.3 is 0 Å². The Labute approximate surface area is 97.0 Å². The van der Waals surface area contributed by atoms with Gasteiger partial charge in [-0.3, -0.25) is 0 Å². The topological polar surface area (TPSA) is 20.2 Å². The summed E-state index contributed by atoms with van der Waals surface area (Å²) in [5, 5.41) is 9.66. The fraction of sp³-hybridized carbons (Fsp3) is 0.455. The molecule has 1 aliphatic carbocycles. The van der Waals surface area contributed by atoms with Crippen LogP contribution in [0.3, 0.4) is 0 Å². The van der Waals surface area contributed by atoms with Crippen LogP contribution < -0.4 is 0 Å². The Hall–Kier alpha value is 0.01000. The minimum Gasteiger partial charge on any atom is -0.396 e. The molecule has 1 N–H and O–H groups in total. The van der Waals surface area contributed by atoms with Crippen molar-refractivity contribution in [3.8, 4) is 0 Å². The standard InChI is InChI=1S/C11H13BrOS/c12-10-7-8(5-6-13)1-4-11(10)14-9-2-3-9/h1,4,7,9,13H,2-3,5-6H2.